The second kappa shape index (κ2) is 4.97. The normalized spacial score (nSPS) is 9.42. The molecule has 0 radical (unpaired) electrons. The molecule has 0 heterocycles. The number of para-hydroxylation sites is 1. The Labute approximate surface area is 81.7 Å². The Kier molecular flexibility index (Phi) is 3.86. The molecular formula is C8H9INO2-. The van der Waals surface area contributed by atoms with E-state index in [1.165, 1.54) is 0 Å². The Morgan fingerprint density at radius 3 is 2.67 bits per heavy atom. The molecule has 0 atom stereocenters. The number of ether oxygens (including phenoxy) is 1. The van der Waals surface area contributed by atoms with E-state index in [0.717, 1.165) is 0 Å². The second-order valence-corrected chi connectivity index (χ2v) is 3.60. The maximum absolute atomic E-state index is 10.9. The molecule has 66 valence electrons. The quantitative estimate of drug-likeness (QED) is 0.402. The Balaban J connectivity index is 2.47. The van der Waals surface area contributed by atoms with Gasteiger partial charge in [-0.25, -0.2) is 0 Å². The molecular weight excluding hydrogens is 269 g/mol. The van der Waals surface area contributed by atoms with Crippen molar-refractivity contribution in [2.45, 2.75) is 0 Å². The number of hydrogen-bond donors (Lipinski definition) is 1. The molecule has 0 unspecified atom stereocenters. The second-order valence-electron chi connectivity index (χ2n) is 1.99. The van der Waals surface area contributed by atoms with Gasteiger partial charge in [0.25, 0.3) is 0 Å². The first-order valence-corrected chi connectivity index (χ1v) is 6.58. The van der Waals surface area contributed by atoms with Gasteiger partial charge in [-0.15, -0.1) is 0 Å². The molecule has 0 bridgehead atoms. The third kappa shape index (κ3) is 3.08. The summed E-state index contributed by atoms with van der Waals surface area (Å²) in [7, 11) is 0. The number of amides is 1. The number of hydrogen-bond acceptors (Lipinski definition) is 2. The molecule has 0 spiro atoms. The third-order valence-electron chi connectivity index (χ3n) is 1.13. The molecule has 1 N–H and O–H groups in total. The van der Waals surface area contributed by atoms with Gasteiger partial charge in [-0.3, -0.25) is 0 Å². The summed E-state index contributed by atoms with van der Waals surface area (Å²) in [4.78, 5) is 12.9. The molecule has 1 amide bonds. The van der Waals surface area contributed by atoms with E-state index in [2.05, 4.69) is 3.53 Å². The standard InChI is InChI=1S/C8H9INO2/c1-9-10-8(11)12-7-5-3-2-4-6-7/h2-6H,1H3,(H,10,11)/q-1. The summed E-state index contributed by atoms with van der Waals surface area (Å²) in [6.07, 6.45) is -0.364. The summed E-state index contributed by atoms with van der Waals surface area (Å²) in [5.74, 6) is 0.576. The monoisotopic (exact) mass is 278 g/mol. The van der Waals surface area contributed by atoms with Crippen LogP contribution in [-0.4, -0.2) is 11.0 Å². The average molecular weight is 278 g/mol. The van der Waals surface area contributed by atoms with E-state index in [0.29, 0.717) is 5.75 Å². The van der Waals surface area contributed by atoms with Crippen LogP contribution in [0.5, 0.6) is 5.75 Å². The third-order valence-corrected chi connectivity index (χ3v) is 2.11. The minimum absolute atomic E-state index is 0.256. The molecule has 4 heteroatoms. The Morgan fingerprint density at radius 1 is 1.42 bits per heavy atom. The summed E-state index contributed by atoms with van der Waals surface area (Å²) < 4.78 is 7.58. The van der Waals surface area contributed by atoms with Crippen LogP contribution in [-0.2, 0) is 0 Å². The molecule has 0 saturated heterocycles. The number of nitrogens with one attached hydrogen (secondary N) is 1. The van der Waals surface area contributed by atoms with E-state index in [4.69, 9.17) is 4.74 Å². The number of benzene rings is 1. The van der Waals surface area contributed by atoms with Crippen LogP contribution in [0, 0.1) is 0 Å². The summed E-state index contributed by atoms with van der Waals surface area (Å²) in [5, 5.41) is 0. The van der Waals surface area contributed by atoms with Crippen LogP contribution >= 0.6 is 0 Å². The van der Waals surface area contributed by atoms with Gasteiger partial charge < -0.3 is 0 Å². The van der Waals surface area contributed by atoms with E-state index >= 15 is 0 Å². The van der Waals surface area contributed by atoms with Gasteiger partial charge in [-0.05, 0) is 0 Å². The summed E-state index contributed by atoms with van der Waals surface area (Å²) in [6, 6.07) is 9.01. The minimum atomic E-state index is -0.364. The fraction of sp³-hybridized carbons (Fsp3) is 0.125. The van der Waals surface area contributed by atoms with Crippen molar-refractivity contribution in [2.24, 2.45) is 0 Å². The van der Waals surface area contributed by atoms with Gasteiger partial charge in [0, 0.05) is 0 Å². The van der Waals surface area contributed by atoms with E-state index in [-0.39, 0.29) is 27.6 Å². The molecule has 1 aromatic rings. The van der Waals surface area contributed by atoms with Gasteiger partial charge in [0.15, 0.2) is 0 Å². The van der Waals surface area contributed by atoms with Crippen LogP contribution in [0.15, 0.2) is 30.3 Å². The first-order chi connectivity index (χ1) is 5.83. The molecule has 0 aliphatic heterocycles. The van der Waals surface area contributed by atoms with Gasteiger partial charge in [-0.2, -0.15) is 0 Å². The van der Waals surface area contributed by atoms with E-state index in [1.807, 2.05) is 23.1 Å². The molecule has 1 rings (SSSR count). The number of carbonyl (C=O) groups is 1. The van der Waals surface area contributed by atoms with Crippen molar-refractivity contribution in [2.75, 3.05) is 4.93 Å². The van der Waals surface area contributed by atoms with Gasteiger partial charge >= 0.3 is 81.6 Å². The van der Waals surface area contributed by atoms with E-state index < -0.39 is 0 Å². The topological polar surface area (TPSA) is 38.3 Å². The van der Waals surface area contributed by atoms with Crippen molar-refractivity contribution in [1.82, 2.24) is 3.53 Å². The molecule has 1 aromatic carbocycles. The molecule has 12 heavy (non-hydrogen) atoms. The van der Waals surface area contributed by atoms with E-state index in [1.54, 1.807) is 12.1 Å². The molecule has 0 fully saturated rings. The number of alkyl halides is 1. The SMILES string of the molecule is C[I-]NC(=O)Oc1ccccc1. The summed E-state index contributed by atoms with van der Waals surface area (Å²) >= 11 is -0.256. The zero-order chi connectivity index (χ0) is 8.81. The van der Waals surface area contributed by atoms with Crippen LogP contribution in [0.3, 0.4) is 0 Å². The van der Waals surface area contributed by atoms with Crippen LogP contribution < -0.4 is 29.7 Å². The number of halogens is 1. The molecule has 0 aliphatic carbocycles. The Hall–Kier alpha value is -0.780. The fourth-order valence-electron chi connectivity index (χ4n) is 0.692. The van der Waals surface area contributed by atoms with Gasteiger partial charge in [0.2, 0.25) is 0 Å². The zero-order valence-electron chi connectivity index (χ0n) is 6.58. The predicted octanol–water partition coefficient (Wildman–Crippen LogP) is -1.59. The Morgan fingerprint density at radius 2 is 2.08 bits per heavy atom. The van der Waals surface area contributed by atoms with Crippen LogP contribution in [0.25, 0.3) is 0 Å². The van der Waals surface area contributed by atoms with E-state index in [9.17, 15) is 4.79 Å². The first-order valence-electron chi connectivity index (χ1n) is 3.34. The van der Waals surface area contributed by atoms with Gasteiger partial charge in [0.1, 0.15) is 0 Å². The van der Waals surface area contributed by atoms with Crippen molar-refractivity contribution >= 4 is 6.09 Å². The molecule has 3 nitrogen and oxygen atoms in total. The van der Waals surface area contributed by atoms with Crippen LogP contribution in [0.4, 0.5) is 4.79 Å². The molecule has 0 aliphatic rings. The number of rotatable bonds is 2. The van der Waals surface area contributed by atoms with Crippen molar-refractivity contribution < 1.29 is 31.0 Å². The zero-order valence-corrected chi connectivity index (χ0v) is 8.74. The summed E-state index contributed by atoms with van der Waals surface area (Å²) in [5.41, 5.74) is 0. The van der Waals surface area contributed by atoms with Gasteiger partial charge in [0.05, 0.1) is 0 Å². The predicted molar refractivity (Wildman–Crippen MR) is 41.5 cm³/mol. The van der Waals surface area contributed by atoms with Crippen molar-refractivity contribution in [3.05, 3.63) is 30.3 Å². The molecule has 0 aromatic heterocycles. The number of carbonyl (C=O) groups excluding carboxylic acids is 1. The van der Waals surface area contributed by atoms with Crippen molar-refractivity contribution in [3.8, 4) is 5.75 Å². The van der Waals surface area contributed by atoms with Crippen molar-refractivity contribution in [1.29, 1.82) is 0 Å². The van der Waals surface area contributed by atoms with Crippen molar-refractivity contribution in [3.63, 3.8) is 0 Å². The van der Waals surface area contributed by atoms with Crippen LogP contribution in [0.1, 0.15) is 0 Å². The Bertz CT molecular complexity index is 250. The average Bonchev–Trinajstić information content (AvgIpc) is 2.06. The van der Waals surface area contributed by atoms with Crippen LogP contribution in [0.2, 0.25) is 0 Å². The maximum atomic E-state index is 10.9. The van der Waals surface area contributed by atoms with Gasteiger partial charge in [-0.1, -0.05) is 0 Å². The summed E-state index contributed by atoms with van der Waals surface area (Å²) in [6.45, 7) is 0. The fourth-order valence-corrected chi connectivity index (χ4v) is 1.24. The molecule has 0 saturated carbocycles. The first kappa shape index (κ1) is 9.31.